The summed E-state index contributed by atoms with van der Waals surface area (Å²) in [5.74, 6) is 0.610. The molecule has 1 heterocycles. The number of carbonyl (C=O) groups excluding carboxylic acids is 1. The lowest BCUT2D eigenvalue weighted by Crippen LogP contribution is -2.44. The molecule has 1 rings (SSSR count). The summed E-state index contributed by atoms with van der Waals surface area (Å²) in [5.41, 5.74) is 0. The minimum atomic E-state index is 0.0428. The van der Waals surface area contributed by atoms with Crippen LogP contribution in [0.3, 0.4) is 0 Å². The SMILES string of the molecule is CCN(C)C[C@H]1CCN(C(=O)N[C@H](C)COC)C1. The molecule has 0 radical (unpaired) electrons. The van der Waals surface area contributed by atoms with Gasteiger partial charge in [0.15, 0.2) is 0 Å². The summed E-state index contributed by atoms with van der Waals surface area (Å²) >= 11 is 0. The standard InChI is InChI=1S/C13H27N3O2/c1-5-15(3)8-12-6-7-16(9-12)13(17)14-11(2)10-18-4/h11-12H,5-10H2,1-4H3,(H,14,17)/t11-,12-/m1/s1. The van der Waals surface area contributed by atoms with Crippen molar-refractivity contribution in [1.82, 2.24) is 15.1 Å². The molecule has 1 saturated heterocycles. The summed E-state index contributed by atoms with van der Waals surface area (Å²) in [7, 11) is 3.78. The highest BCUT2D eigenvalue weighted by Crippen LogP contribution is 2.17. The van der Waals surface area contributed by atoms with Gasteiger partial charge in [-0.3, -0.25) is 0 Å². The van der Waals surface area contributed by atoms with E-state index in [1.807, 2.05) is 11.8 Å². The van der Waals surface area contributed by atoms with Crippen LogP contribution in [0.2, 0.25) is 0 Å². The van der Waals surface area contributed by atoms with Crippen LogP contribution >= 0.6 is 0 Å². The van der Waals surface area contributed by atoms with E-state index in [0.29, 0.717) is 12.5 Å². The highest BCUT2D eigenvalue weighted by atomic mass is 16.5. The Bertz CT molecular complexity index is 261. The van der Waals surface area contributed by atoms with Crippen molar-refractivity contribution in [3.05, 3.63) is 0 Å². The average molecular weight is 257 g/mol. The minimum absolute atomic E-state index is 0.0428. The van der Waals surface area contributed by atoms with Crippen LogP contribution in [0, 0.1) is 5.92 Å². The monoisotopic (exact) mass is 257 g/mol. The van der Waals surface area contributed by atoms with E-state index in [1.165, 1.54) is 0 Å². The largest absolute Gasteiger partial charge is 0.383 e. The molecular weight excluding hydrogens is 230 g/mol. The molecule has 5 nitrogen and oxygen atoms in total. The molecule has 0 unspecified atom stereocenters. The predicted octanol–water partition coefficient (Wildman–Crippen LogP) is 1.00. The minimum Gasteiger partial charge on any atom is -0.383 e. The van der Waals surface area contributed by atoms with Gasteiger partial charge in [-0.2, -0.15) is 0 Å². The fourth-order valence-corrected chi connectivity index (χ4v) is 2.33. The second-order valence-corrected chi connectivity index (χ2v) is 5.26. The van der Waals surface area contributed by atoms with Gasteiger partial charge in [-0.05, 0) is 32.9 Å². The Morgan fingerprint density at radius 3 is 2.94 bits per heavy atom. The van der Waals surface area contributed by atoms with Gasteiger partial charge in [-0.15, -0.1) is 0 Å². The van der Waals surface area contributed by atoms with Gasteiger partial charge in [-0.25, -0.2) is 4.79 Å². The second kappa shape index (κ2) is 7.59. The Balaban J connectivity index is 2.30. The topological polar surface area (TPSA) is 44.8 Å². The molecule has 0 saturated carbocycles. The van der Waals surface area contributed by atoms with E-state index in [-0.39, 0.29) is 12.1 Å². The first-order valence-corrected chi connectivity index (χ1v) is 6.79. The molecule has 106 valence electrons. The highest BCUT2D eigenvalue weighted by molar-refractivity contribution is 5.74. The van der Waals surface area contributed by atoms with Crippen molar-refractivity contribution in [1.29, 1.82) is 0 Å². The number of nitrogens with zero attached hydrogens (tertiary/aromatic N) is 2. The van der Waals surface area contributed by atoms with Gasteiger partial charge in [0, 0.05) is 26.7 Å². The Kier molecular flexibility index (Phi) is 6.43. The first kappa shape index (κ1) is 15.2. The van der Waals surface area contributed by atoms with Crippen LogP contribution in [-0.2, 0) is 4.74 Å². The van der Waals surface area contributed by atoms with E-state index < -0.39 is 0 Å². The number of hydrogen-bond acceptors (Lipinski definition) is 3. The van der Waals surface area contributed by atoms with E-state index in [1.54, 1.807) is 7.11 Å². The number of ether oxygens (including phenoxy) is 1. The lowest BCUT2D eigenvalue weighted by atomic mass is 10.1. The Hall–Kier alpha value is -0.810. The molecule has 1 N–H and O–H groups in total. The van der Waals surface area contributed by atoms with Gasteiger partial charge in [0.1, 0.15) is 0 Å². The third kappa shape index (κ3) is 4.82. The van der Waals surface area contributed by atoms with Crippen LogP contribution in [0.4, 0.5) is 4.79 Å². The zero-order valence-electron chi connectivity index (χ0n) is 12.1. The van der Waals surface area contributed by atoms with Crippen LogP contribution in [0.1, 0.15) is 20.3 Å². The number of methoxy groups -OCH3 is 1. The average Bonchev–Trinajstić information content (AvgIpc) is 2.77. The smallest absolute Gasteiger partial charge is 0.317 e. The van der Waals surface area contributed by atoms with Crippen molar-refractivity contribution in [2.24, 2.45) is 5.92 Å². The summed E-state index contributed by atoms with van der Waals surface area (Å²) < 4.78 is 5.02. The summed E-state index contributed by atoms with van der Waals surface area (Å²) in [5, 5.41) is 2.96. The summed E-state index contributed by atoms with van der Waals surface area (Å²) in [6.45, 7) is 8.55. The number of amides is 2. The van der Waals surface area contributed by atoms with Crippen LogP contribution in [0.5, 0.6) is 0 Å². The molecular formula is C13H27N3O2. The van der Waals surface area contributed by atoms with Gasteiger partial charge < -0.3 is 19.9 Å². The van der Waals surface area contributed by atoms with Crippen LogP contribution in [-0.4, -0.2) is 68.8 Å². The van der Waals surface area contributed by atoms with Gasteiger partial charge in [-0.1, -0.05) is 6.92 Å². The molecule has 1 aliphatic heterocycles. The highest BCUT2D eigenvalue weighted by Gasteiger charge is 2.27. The van der Waals surface area contributed by atoms with Crippen molar-refractivity contribution in [2.45, 2.75) is 26.3 Å². The van der Waals surface area contributed by atoms with Gasteiger partial charge in [0.2, 0.25) is 0 Å². The molecule has 0 spiro atoms. The van der Waals surface area contributed by atoms with E-state index in [2.05, 4.69) is 24.2 Å². The first-order valence-electron chi connectivity index (χ1n) is 6.79. The third-order valence-electron chi connectivity index (χ3n) is 3.47. The zero-order chi connectivity index (χ0) is 13.5. The summed E-state index contributed by atoms with van der Waals surface area (Å²) in [6.07, 6.45) is 1.11. The molecule has 2 atom stereocenters. The van der Waals surface area contributed by atoms with Crippen molar-refractivity contribution in [3.63, 3.8) is 0 Å². The number of nitrogens with one attached hydrogen (secondary N) is 1. The van der Waals surface area contributed by atoms with Crippen LogP contribution in [0.25, 0.3) is 0 Å². The number of urea groups is 1. The van der Waals surface area contributed by atoms with Crippen LogP contribution < -0.4 is 5.32 Å². The zero-order valence-corrected chi connectivity index (χ0v) is 12.1. The lowest BCUT2D eigenvalue weighted by molar-refractivity contribution is 0.161. The second-order valence-electron chi connectivity index (χ2n) is 5.26. The van der Waals surface area contributed by atoms with E-state index in [9.17, 15) is 4.79 Å². The number of rotatable bonds is 6. The lowest BCUT2D eigenvalue weighted by Gasteiger charge is -2.22. The van der Waals surface area contributed by atoms with Crippen molar-refractivity contribution in [3.8, 4) is 0 Å². The molecule has 0 aromatic carbocycles. The van der Waals surface area contributed by atoms with E-state index in [0.717, 1.165) is 32.6 Å². The molecule has 0 aliphatic carbocycles. The molecule has 18 heavy (non-hydrogen) atoms. The molecule has 0 aromatic rings. The molecule has 1 fully saturated rings. The Morgan fingerprint density at radius 1 is 1.61 bits per heavy atom. The Labute approximate surface area is 110 Å². The van der Waals surface area contributed by atoms with Crippen LogP contribution in [0.15, 0.2) is 0 Å². The molecule has 5 heteroatoms. The predicted molar refractivity (Wildman–Crippen MR) is 72.7 cm³/mol. The molecule has 1 aliphatic rings. The van der Waals surface area contributed by atoms with E-state index >= 15 is 0 Å². The maximum absolute atomic E-state index is 12.0. The number of hydrogen-bond donors (Lipinski definition) is 1. The van der Waals surface area contributed by atoms with Crippen molar-refractivity contribution < 1.29 is 9.53 Å². The quantitative estimate of drug-likeness (QED) is 0.772. The van der Waals surface area contributed by atoms with Crippen molar-refractivity contribution >= 4 is 6.03 Å². The van der Waals surface area contributed by atoms with Gasteiger partial charge >= 0.3 is 6.03 Å². The number of likely N-dealkylation sites (tertiary alicyclic amines) is 1. The molecule has 2 amide bonds. The Morgan fingerprint density at radius 2 is 2.33 bits per heavy atom. The summed E-state index contributed by atoms with van der Waals surface area (Å²) in [4.78, 5) is 16.2. The normalized spacial score (nSPS) is 21.4. The summed E-state index contributed by atoms with van der Waals surface area (Å²) in [6, 6.07) is 0.112. The van der Waals surface area contributed by atoms with Gasteiger partial charge in [0.25, 0.3) is 0 Å². The van der Waals surface area contributed by atoms with E-state index in [4.69, 9.17) is 4.74 Å². The fraction of sp³-hybridized carbons (Fsp3) is 0.923. The molecule has 0 aromatic heterocycles. The first-order chi connectivity index (χ1) is 8.56. The van der Waals surface area contributed by atoms with Gasteiger partial charge in [0.05, 0.1) is 12.6 Å². The third-order valence-corrected chi connectivity index (χ3v) is 3.47. The number of carbonyl (C=O) groups is 1. The molecule has 0 bridgehead atoms. The maximum atomic E-state index is 12.0. The fourth-order valence-electron chi connectivity index (χ4n) is 2.33. The van der Waals surface area contributed by atoms with Crippen molar-refractivity contribution in [2.75, 3.05) is 46.9 Å². The maximum Gasteiger partial charge on any atom is 0.317 e.